The van der Waals surface area contributed by atoms with E-state index < -0.39 is 0 Å². The molecule has 0 unspecified atom stereocenters. The quantitative estimate of drug-likeness (QED) is 0.468. The van der Waals surface area contributed by atoms with E-state index >= 15 is 0 Å². The van der Waals surface area contributed by atoms with E-state index in [1.807, 2.05) is 75.4 Å². The highest BCUT2D eigenvalue weighted by molar-refractivity contribution is 8.00. The second kappa shape index (κ2) is 9.13. The minimum atomic E-state index is -0.216. The lowest BCUT2D eigenvalue weighted by atomic mass is 10.2. The van der Waals surface area contributed by atoms with E-state index in [-0.39, 0.29) is 17.3 Å². The van der Waals surface area contributed by atoms with Crippen molar-refractivity contribution in [3.05, 3.63) is 60.2 Å². The summed E-state index contributed by atoms with van der Waals surface area (Å²) in [4.78, 5) is 13.1. The molecule has 5 heteroatoms. The van der Waals surface area contributed by atoms with Crippen molar-refractivity contribution in [1.82, 2.24) is 5.43 Å². The zero-order valence-electron chi connectivity index (χ0n) is 14.1. The molecule has 0 aromatic heterocycles. The molecule has 1 atom stereocenters. The summed E-state index contributed by atoms with van der Waals surface area (Å²) in [6.07, 6.45) is 1.77. The van der Waals surface area contributed by atoms with E-state index in [0.717, 1.165) is 16.2 Å². The average Bonchev–Trinajstić information content (AvgIpc) is 2.56. The van der Waals surface area contributed by atoms with Crippen LogP contribution in [0.15, 0.2) is 64.6 Å². The van der Waals surface area contributed by atoms with Crippen LogP contribution in [0.25, 0.3) is 0 Å². The Hall–Kier alpha value is -2.27. The van der Waals surface area contributed by atoms with E-state index in [0.29, 0.717) is 0 Å². The van der Waals surface area contributed by atoms with Gasteiger partial charge < -0.3 is 4.74 Å². The number of hydrogen-bond acceptors (Lipinski definition) is 4. The van der Waals surface area contributed by atoms with Crippen molar-refractivity contribution in [2.45, 2.75) is 37.0 Å². The van der Waals surface area contributed by atoms with Gasteiger partial charge in [0.15, 0.2) is 0 Å². The second-order valence-electron chi connectivity index (χ2n) is 5.54. The molecule has 0 aliphatic rings. The predicted molar refractivity (Wildman–Crippen MR) is 99.7 cm³/mol. The van der Waals surface area contributed by atoms with Crippen molar-refractivity contribution in [3.63, 3.8) is 0 Å². The highest BCUT2D eigenvalue weighted by Gasteiger charge is 2.13. The Balaban J connectivity index is 1.83. The SMILES string of the molecule is CC(C)Oc1ccc(/C=N\NC(=O)[C@H](C)Sc2ccccc2)cc1. The number of rotatable bonds is 7. The summed E-state index contributed by atoms with van der Waals surface area (Å²) in [5.74, 6) is 0.693. The fourth-order valence-corrected chi connectivity index (χ4v) is 2.80. The Morgan fingerprint density at radius 1 is 1.08 bits per heavy atom. The number of carbonyl (C=O) groups is 1. The van der Waals surface area contributed by atoms with Crippen LogP contribution in [0.1, 0.15) is 26.3 Å². The number of nitrogens with one attached hydrogen (secondary N) is 1. The molecule has 0 aliphatic carbocycles. The van der Waals surface area contributed by atoms with Crippen LogP contribution in [0.3, 0.4) is 0 Å². The number of thioether (sulfide) groups is 1. The molecule has 126 valence electrons. The third-order valence-electron chi connectivity index (χ3n) is 3.07. The molecule has 0 bridgehead atoms. The largest absolute Gasteiger partial charge is 0.491 e. The van der Waals surface area contributed by atoms with Gasteiger partial charge in [-0.1, -0.05) is 18.2 Å². The molecule has 0 aliphatic heterocycles. The molecule has 4 nitrogen and oxygen atoms in total. The molecule has 1 amide bonds. The maximum Gasteiger partial charge on any atom is 0.253 e. The molecule has 2 aromatic rings. The number of hydrazone groups is 1. The Bertz CT molecular complexity index is 670. The molecule has 2 aromatic carbocycles. The van der Waals surface area contributed by atoms with Crippen molar-refractivity contribution in [2.24, 2.45) is 5.10 Å². The van der Waals surface area contributed by atoms with Crippen molar-refractivity contribution >= 4 is 23.9 Å². The van der Waals surface area contributed by atoms with Crippen LogP contribution < -0.4 is 10.2 Å². The highest BCUT2D eigenvalue weighted by Crippen LogP contribution is 2.22. The number of carbonyl (C=O) groups excluding carboxylic acids is 1. The molecule has 24 heavy (non-hydrogen) atoms. The summed E-state index contributed by atoms with van der Waals surface area (Å²) >= 11 is 1.50. The normalized spacial score (nSPS) is 12.3. The number of nitrogens with zero attached hydrogens (tertiary/aromatic N) is 1. The van der Waals surface area contributed by atoms with E-state index in [2.05, 4.69) is 10.5 Å². The van der Waals surface area contributed by atoms with Gasteiger partial charge in [0.25, 0.3) is 5.91 Å². The Labute approximate surface area is 147 Å². The van der Waals surface area contributed by atoms with E-state index in [1.54, 1.807) is 6.21 Å². The van der Waals surface area contributed by atoms with Gasteiger partial charge in [-0.15, -0.1) is 11.8 Å². The van der Waals surface area contributed by atoms with E-state index in [4.69, 9.17) is 4.74 Å². The molecule has 0 fully saturated rings. The fourth-order valence-electron chi connectivity index (χ4n) is 1.92. The maximum atomic E-state index is 12.0. The molecular formula is C19H22N2O2S. The van der Waals surface area contributed by atoms with Gasteiger partial charge in [-0.25, -0.2) is 5.43 Å². The van der Waals surface area contributed by atoms with Crippen LogP contribution in [0.5, 0.6) is 5.75 Å². The number of ether oxygens (including phenoxy) is 1. The smallest absolute Gasteiger partial charge is 0.253 e. The number of amides is 1. The number of benzene rings is 2. The Morgan fingerprint density at radius 3 is 2.38 bits per heavy atom. The highest BCUT2D eigenvalue weighted by atomic mass is 32.2. The average molecular weight is 342 g/mol. The van der Waals surface area contributed by atoms with Crippen LogP contribution in [0.4, 0.5) is 0 Å². The lowest BCUT2D eigenvalue weighted by molar-refractivity contribution is -0.120. The van der Waals surface area contributed by atoms with Gasteiger partial charge in [-0.2, -0.15) is 5.10 Å². The summed E-state index contributed by atoms with van der Waals surface area (Å²) in [7, 11) is 0. The standard InChI is InChI=1S/C19H22N2O2S/c1-14(2)23-17-11-9-16(10-12-17)13-20-21-19(22)15(3)24-18-7-5-4-6-8-18/h4-15H,1-3H3,(H,21,22)/b20-13-/t15-/m0/s1. The van der Waals surface area contributed by atoms with Gasteiger partial charge in [0, 0.05) is 4.90 Å². The van der Waals surface area contributed by atoms with Crippen molar-refractivity contribution in [2.75, 3.05) is 0 Å². The van der Waals surface area contributed by atoms with Gasteiger partial charge in [-0.3, -0.25) is 4.79 Å². The Morgan fingerprint density at radius 2 is 1.75 bits per heavy atom. The summed E-state index contributed by atoms with van der Waals surface area (Å²) in [5, 5.41) is 3.80. The summed E-state index contributed by atoms with van der Waals surface area (Å²) < 4.78 is 5.58. The third kappa shape index (κ3) is 6.08. The minimum absolute atomic E-state index is 0.125. The first-order valence-corrected chi connectivity index (χ1v) is 8.74. The second-order valence-corrected chi connectivity index (χ2v) is 6.96. The Kier molecular flexibility index (Phi) is 6.88. The molecule has 0 saturated carbocycles. The molecular weight excluding hydrogens is 320 g/mol. The first-order chi connectivity index (χ1) is 11.5. The first-order valence-electron chi connectivity index (χ1n) is 7.86. The van der Waals surface area contributed by atoms with Crippen molar-refractivity contribution < 1.29 is 9.53 Å². The molecule has 0 spiro atoms. The van der Waals surface area contributed by atoms with Crippen LogP contribution in [-0.4, -0.2) is 23.5 Å². The van der Waals surface area contributed by atoms with E-state index in [1.165, 1.54) is 11.8 Å². The molecule has 1 N–H and O–H groups in total. The van der Waals surface area contributed by atoms with Gasteiger partial charge in [0.1, 0.15) is 5.75 Å². The summed E-state index contributed by atoms with van der Waals surface area (Å²) in [6.45, 7) is 5.83. The lowest BCUT2D eigenvalue weighted by Gasteiger charge is -2.09. The predicted octanol–water partition coefficient (Wildman–Crippen LogP) is 4.10. The van der Waals surface area contributed by atoms with E-state index in [9.17, 15) is 4.79 Å². The maximum absolute atomic E-state index is 12.0. The van der Waals surface area contributed by atoms with Crippen LogP contribution in [0, 0.1) is 0 Å². The van der Waals surface area contributed by atoms with Crippen LogP contribution in [0.2, 0.25) is 0 Å². The lowest BCUT2D eigenvalue weighted by Crippen LogP contribution is -2.26. The minimum Gasteiger partial charge on any atom is -0.491 e. The first kappa shape index (κ1) is 18.1. The summed E-state index contributed by atoms with van der Waals surface area (Å²) in [5.41, 5.74) is 3.47. The monoisotopic (exact) mass is 342 g/mol. The van der Waals surface area contributed by atoms with Gasteiger partial charge >= 0.3 is 0 Å². The zero-order valence-corrected chi connectivity index (χ0v) is 14.9. The number of hydrogen-bond donors (Lipinski definition) is 1. The molecule has 0 heterocycles. The van der Waals surface area contributed by atoms with Crippen molar-refractivity contribution in [3.8, 4) is 5.75 Å². The third-order valence-corrected chi connectivity index (χ3v) is 4.18. The summed E-state index contributed by atoms with van der Waals surface area (Å²) in [6, 6.07) is 17.4. The van der Waals surface area contributed by atoms with Gasteiger partial charge in [0.05, 0.1) is 17.6 Å². The fraction of sp³-hybridized carbons (Fsp3) is 0.263. The molecule has 0 saturated heterocycles. The van der Waals surface area contributed by atoms with Gasteiger partial charge in [-0.05, 0) is 62.7 Å². The topological polar surface area (TPSA) is 50.7 Å². The molecule has 0 radical (unpaired) electrons. The van der Waals surface area contributed by atoms with Crippen molar-refractivity contribution in [1.29, 1.82) is 0 Å². The van der Waals surface area contributed by atoms with Gasteiger partial charge in [0.2, 0.25) is 0 Å². The molecule has 2 rings (SSSR count). The van der Waals surface area contributed by atoms with Crippen LogP contribution in [-0.2, 0) is 4.79 Å². The zero-order chi connectivity index (χ0) is 17.4. The van der Waals surface area contributed by atoms with Crippen LogP contribution >= 0.6 is 11.8 Å².